The summed E-state index contributed by atoms with van der Waals surface area (Å²) >= 11 is 2.76. The molecule has 1 aliphatic carbocycles. The summed E-state index contributed by atoms with van der Waals surface area (Å²) in [5, 5.41) is 10.5. The third-order valence-electron chi connectivity index (χ3n) is 3.98. The highest BCUT2D eigenvalue weighted by Crippen LogP contribution is 2.40. The quantitative estimate of drug-likeness (QED) is 0.591. The Morgan fingerprint density at radius 1 is 1.52 bits per heavy atom. The fraction of sp³-hybridized carbons (Fsp3) is 0.500. The third kappa shape index (κ3) is 4.21. The van der Waals surface area contributed by atoms with E-state index in [2.05, 4.69) is 27.4 Å². The van der Waals surface area contributed by atoms with Crippen molar-refractivity contribution in [2.75, 3.05) is 17.7 Å². The van der Waals surface area contributed by atoms with Crippen LogP contribution in [0.25, 0.3) is 0 Å². The first-order valence-electron chi connectivity index (χ1n) is 8.18. The Bertz CT molecular complexity index is 758. The molecule has 0 aromatic carbocycles. The molecule has 0 saturated carbocycles. The first-order valence-corrected chi connectivity index (χ1v) is 9.98. The minimum Gasteiger partial charge on any atom is -0.462 e. The summed E-state index contributed by atoms with van der Waals surface area (Å²) < 4.78 is 5.21. The lowest BCUT2D eigenvalue weighted by molar-refractivity contribution is -0.113. The van der Waals surface area contributed by atoms with Gasteiger partial charge in [-0.25, -0.2) is 9.78 Å². The lowest BCUT2D eigenvalue weighted by Crippen LogP contribution is -2.17. The molecular formula is C16H20N4O3S2. The number of anilines is 1. The Hall–Kier alpha value is -1.87. The number of thioether (sulfide) groups is 1. The average molecular weight is 380 g/mol. The van der Waals surface area contributed by atoms with E-state index in [9.17, 15) is 9.59 Å². The summed E-state index contributed by atoms with van der Waals surface area (Å²) in [5.41, 5.74) is 1.58. The Labute approximate surface area is 153 Å². The third-order valence-corrected chi connectivity index (χ3v) is 6.02. The maximum absolute atomic E-state index is 12.4. The van der Waals surface area contributed by atoms with Gasteiger partial charge in [-0.1, -0.05) is 18.7 Å². The predicted molar refractivity (Wildman–Crippen MR) is 97.2 cm³/mol. The van der Waals surface area contributed by atoms with Gasteiger partial charge in [0.05, 0.1) is 17.9 Å². The van der Waals surface area contributed by atoms with Crippen molar-refractivity contribution in [3.05, 3.63) is 22.3 Å². The molecule has 0 saturated heterocycles. The summed E-state index contributed by atoms with van der Waals surface area (Å²) in [4.78, 5) is 29.8. The van der Waals surface area contributed by atoms with Gasteiger partial charge in [0.1, 0.15) is 11.3 Å². The molecule has 2 heterocycles. The topological polar surface area (TPSA) is 97.0 Å². The fourth-order valence-electron chi connectivity index (χ4n) is 2.82. The van der Waals surface area contributed by atoms with Crippen LogP contribution in [0.15, 0.2) is 11.5 Å². The van der Waals surface area contributed by atoms with Crippen molar-refractivity contribution in [2.24, 2.45) is 5.92 Å². The first kappa shape index (κ1) is 17.9. The number of thiophene rings is 1. The summed E-state index contributed by atoms with van der Waals surface area (Å²) in [6.07, 6.45) is 4.23. The number of hydrogen-bond acceptors (Lipinski definition) is 7. The highest BCUT2D eigenvalue weighted by atomic mass is 32.2. The van der Waals surface area contributed by atoms with Gasteiger partial charge in [0.15, 0.2) is 5.16 Å². The van der Waals surface area contributed by atoms with Gasteiger partial charge >= 0.3 is 5.97 Å². The summed E-state index contributed by atoms with van der Waals surface area (Å²) in [6, 6.07) is 0. The number of carbonyl (C=O) groups is 2. The SMILES string of the molecule is CCOC(=O)c1c(NC(=O)CSc2ncn[nH]2)sc2c1CC[C@@H](C)C2. The summed E-state index contributed by atoms with van der Waals surface area (Å²) in [7, 11) is 0. The standard InChI is InChI=1S/C16H20N4O3S2/c1-3-23-15(22)13-10-5-4-9(2)6-11(10)25-14(13)19-12(21)7-24-16-17-8-18-20-16/h8-9H,3-7H2,1-2H3,(H,19,21)(H,17,18,20)/t9-/m1/s1. The molecule has 1 aliphatic rings. The number of fused-ring (bicyclic) bond motifs is 1. The van der Waals surface area contributed by atoms with E-state index in [-0.39, 0.29) is 17.6 Å². The molecule has 0 radical (unpaired) electrons. The van der Waals surface area contributed by atoms with E-state index in [0.717, 1.165) is 24.8 Å². The normalized spacial score (nSPS) is 16.3. The van der Waals surface area contributed by atoms with Crippen LogP contribution in [0, 0.1) is 5.92 Å². The number of rotatable bonds is 6. The van der Waals surface area contributed by atoms with Gasteiger partial charge in [-0.2, -0.15) is 5.10 Å². The Balaban J connectivity index is 1.77. The lowest BCUT2D eigenvalue weighted by Gasteiger charge is -2.18. The van der Waals surface area contributed by atoms with Crippen LogP contribution in [0.5, 0.6) is 0 Å². The van der Waals surface area contributed by atoms with E-state index in [0.29, 0.717) is 28.2 Å². The number of hydrogen-bond donors (Lipinski definition) is 2. The number of esters is 1. The van der Waals surface area contributed by atoms with Crippen molar-refractivity contribution in [1.29, 1.82) is 0 Å². The molecule has 1 atom stereocenters. The summed E-state index contributed by atoms with van der Waals surface area (Å²) in [6.45, 7) is 4.30. The Morgan fingerprint density at radius 3 is 3.08 bits per heavy atom. The summed E-state index contributed by atoms with van der Waals surface area (Å²) in [5.74, 6) is 0.245. The zero-order valence-electron chi connectivity index (χ0n) is 14.1. The van der Waals surface area contributed by atoms with Crippen molar-refractivity contribution in [3.8, 4) is 0 Å². The number of aromatic nitrogens is 3. The number of amides is 1. The molecule has 2 N–H and O–H groups in total. The van der Waals surface area contributed by atoms with Gasteiger partial charge in [-0.05, 0) is 37.7 Å². The zero-order chi connectivity index (χ0) is 17.8. The van der Waals surface area contributed by atoms with E-state index in [1.807, 2.05) is 0 Å². The second-order valence-electron chi connectivity index (χ2n) is 5.90. The molecule has 0 aliphatic heterocycles. The lowest BCUT2D eigenvalue weighted by atomic mass is 9.88. The van der Waals surface area contributed by atoms with E-state index in [4.69, 9.17) is 4.74 Å². The molecule has 0 fully saturated rings. The van der Waals surface area contributed by atoms with Crippen molar-refractivity contribution < 1.29 is 14.3 Å². The van der Waals surface area contributed by atoms with Crippen molar-refractivity contribution in [3.63, 3.8) is 0 Å². The molecule has 0 bridgehead atoms. The largest absolute Gasteiger partial charge is 0.462 e. The van der Waals surface area contributed by atoms with Crippen LogP contribution in [0.2, 0.25) is 0 Å². The van der Waals surface area contributed by atoms with Crippen LogP contribution in [-0.2, 0) is 22.4 Å². The highest BCUT2D eigenvalue weighted by molar-refractivity contribution is 7.99. The van der Waals surface area contributed by atoms with Crippen LogP contribution < -0.4 is 5.32 Å². The van der Waals surface area contributed by atoms with Gasteiger partial charge in [0, 0.05) is 4.88 Å². The molecule has 7 nitrogen and oxygen atoms in total. The number of nitrogens with one attached hydrogen (secondary N) is 2. The molecule has 2 aromatic rings. The fourth-order valence-corrected chi connectivity index (χ4v) is 4.81. The van der Waals surface area contributed by atoms with E-state index < -0.39 is 0 Å². The smallest absolute Gasteiger partial charge is 0.341 e. The van der Waals surface area contributed by atoms with Gasteiger partial charge in [-0.3, -0.25) is 9.89 Å². The van der Waals surface area contributed by atoms with Crippen LogP contribution in [-0.4, -0.2) is 39.4 Å². The van der Waals surface area contributed by atoms with E-state index >= 15 is 0 Å². The molecular weight excluding hydrogens is 360 g/mol. The van der Waals surface area contributed by atoms with Gasteiger partial charge in [0.2, 0.25) is 5.91 Å². The molecule has 0 unspecified atom stereocenters. The first-order chi connectivity index (χ1) is 12.1. The number of carbonyl (C=O) groups excluding carboxylic acids is 2. The second kappa shape index (κ2) is 8.01. The van der Waals surface area contributed by atoms with E-state index in [1.165, 1.54) is 34.3 Å². The monoisotopic (exact) mass is 380 g/mol. The maximum Gasteiger partial charge on any atom is 0.341 e. The number of nitrogens with zero attached hydrogens (tertiary/aromatic N) is 2. The number of aromatic amines is 1. The average Bonchev–Trinajstić information content (AvgIpc) is 3.19. The molecule has 0 spiro atoms. The van der Waals surface area contributed by atoms with Gasteiger partial charge in [-0.15, -0.1) is 11.3 Å². The number of H-pyrrole nitrogens is 1. The molecule has 134 valence electrons. The second-order valence-corrected chi connectivity index (χ2v) is 7.97. The van der Waals surface area contributed by atoms with Gasteiger partial charge < -0.3 is 10.1 Å². The minimum atomic E-state index is -0.354. The van der Waals surface area contributed by atoms with Crippen LogP contribution in [0.1, 0.15) is 41.1 Å². The molecule has 9 heteroatoms. The zero-order valence-corrected chi connectivity index (χ0v) is 15.8. The van der Waals surface area contributed by atoms with Crippen LogP contribution in [0.4, 0.5) is 5.00 Å². The van der Waals surface area contributed by atoms with Gasteiger partial charge in [0.25, 0.3) is 0 Å². The molecule has 3 rings (SSSR count). The van der Waals surface area contributed by atoms with E-state index in [1.54, 1.807) is 6.92 Å². The predicted octanol–water partition coefficient (Wildman–Crippen LogP) is 2.90. The number of ether oxygens (including phenoxy) is 1. The minimum absolute atomic E-state index is 0.182. The van der Waals surface area contributed by atoms with Crippen molar-refractivity contribution in [1.82, 2.24) is 15.2 Å². The van der Waals surface area contributed by atoms with Crippen LogP contribution >= 0.6 is 23.1 Å². The van der Waals surface area contributed by atoms with Crippen LogP contribution in [0.3, 0.4) is 0 Å². The highest BCUT2D eigenvalue weighted by Gasteiger charge is 2.29. The molecule has 25 heavy (non-hydrogen) atoms. The van der Waals surface area contributed by atoms with Crippen molar-refractivity contribution >= 4 is 40.0 Å². The maximum atomic E-state index is 12.4. The van der Waals surface area contributed by atoms with Crippen molar-refractivity contribution in [2.45, 2.75) is 38.3 Å². The Morgan fingerprint density at radius 2 is 2.36 bits per heavy atom. The molecule has 2 aromatic heterocycles. The Kier molecular flexibility index (Phi) is 5.74. The molecule has 1 amide bonds.